The summed E-state index contributed by atoms with van der Waals surface area (Å²) in [5.41, 5.74) is 1.25. The molecule has 2 nitrogen and oxygen atoms in total. The third kappa shape index (κ3) is 2.22. The van der Waals surface area contributed by atoms with E-state index in [0.717, 1.165) is 18.3 Å². The number of hydrogen-bond acceptors (Lipinski definition) is 2. The predicted octanol–water partition coefficient (Wildman–Crippen LogP) is 1.95. The van der Waals surface area contributed by atoms with Crippen LogP contribution in [0.4, 0.5) is 0 Å². The molecular formula is C11H15NO. The molecule has 1 aromatic rings. The van der Waals surface area contributed by atoms with Gasteiger partial charge in [-0.05, 0) is 18.9 Å². The van der Waals surface area contributed by atoms with Crippen molar-refractivity contribution in [2.24, 2.45) is 0 Å². The maximum Gasteiger partial charge on any atom is 0.123 e. The Morgan fingerprint density at radius 3 is 2.85 bits per heavy atom. The quantitative estimate of drug-likeness (QED) is 0.759. The highest BCUT2D eigenvalue weighted by Crippen LogP contribution is 2.22. The third-order valence-electron chi connectivity index (χ3n) is 2.35. The molecule has 1 N–H and O–H groups in total. The Bertz CT molecular complexity index is 281. The predicted molar refractivity (Wildman–Crippen MR) is 52.9 cm³/mol. The third-order valence-corrected chi connectivity index (χ3v) is 2.35. The van der Waals surface area contributed by atoms with E-state index in [2.05, 4.69) is 11.4 Å². The van der Waals surface area contributed by atoms with E-state index in [4.69, 9.17) is 4.74 Å². The number of methoxy groups -OCH3 is 1. The molecule has 0 spiro atoms. The summed E-state index contributed by atoms with van der Waals surface area (Å²) in [6.45, 7) is 0.925. The largest absolute Gasteiger partial charge is 0.496 e. The summed E-state index contributed by atoms with van der Waals surface area (Å²) in [7, 11) is 1.72. The van der Waals surface area contributed by atoms with Gasteiger partial charge in [0.25, 0.3) is 0 Å². The van der Waals surface area contributed by atoms with Crippen molar-refractivity contribution in [1.82, 2.24) is 5.32 Å². The molecule has 0 atom stereocenters. The van der Waals surface area contributed by atoms with Crippen LogP contribution in [0.5, 0.6) is 5.75 Å². The Labute approximate surface area is 78.9 Å². The molecule has 0 radical (unpaired) electrons. The van der Waals surface area contributed by atoms with Crippen LogP contribution in [0.2, 0.25) is 0 Å². The van der Waals surface area contributed by atoms with E-state index in [1.807, 2.05) is 18.2 Å². The normalized spacial score (nSPS) is 15.8. The van der Waals surface area contributed by atoms with E-state index in [1.54, 1.807) is 7.11 Å². The van der Waals surface area contributed by atoms with Crippen LogP contribution in [0.1, 0.15) is 18.4 Å². The first-order valence-corrected chi connectivity index (χ1v) is 4.75. The van der Waals surface area contributed by atoms with Crippen molar-refractivity contribution in [2.75, 3.05) is 7.11 Å². The van der Waals surface area contributed by atoms with Gasteiger partial charge in [0.2, 0.25) is 0 Å². The SMILES string of the molecule is COc1ccccc1CNC1CC1. The molecule has 2 rings (SSSR count). The molecule has 0 bridgehead atoms. The zero-order chi connectivity index (χ0) is 9.10. The molecule has 2 heteroatoms. The number of hydrogen-bond donors (Lipinski definition) is 1. The van der Waals surface area contributed by atoms with E-state index in [1.165, 1.54) is 18.4 Å². The van der Waals surface area contributed by atoms with Crippen LogP contribution in [0.25, 0.3) is 0 Å². The summed E-state index contributed by atoms with van der Waals surface area (Å²) in [6.07, 6.45) is 2.66. The lowest BCUT2D eigenvalue weighted by atomic mass is 10.2. The smallest absolute Gasteiger partial charge is 0.123 e. The topological polar surface area (TPSA) is 21.3 Å². The second-order valence-electron chi connectivity index (χ2n) is 3.47. The molecule has 0 aliphatic heterocycles. The van der Waals surface area contributed by atoms with Gasteiger partial charge >= 0.3 is 0 Å². The van der Waals surface area contributed by atoms with Gasteiger partial charge in [-0.25, -0.2) is 0 Å². The van der Waals surface area contributed by atoms with E-state index in [-0.39, 0.29) is 0 Å². The lowest BCUT2D eigenvalue weighted by Gasteiger charge is -2.08. The van der Waals surface area contributed by atoms with Gasteiger partial charge in [0.15, 0.2) is 0 Å². The van der Waals surface area contributed by atoms with Crippen molar-refractivity contribution in [3.8, 4) is 5.75 Å². The van der Waals surface area contributed by atoms with Gasteiger partial charge < -0.3 is 10.1 Å². The summed E-state index contributed by atoms with van der Waals surface area (Å²) in [5, 5.41) is 3.47. The fourth-order valence-electron chi connectivity index (χ4n) is 1.39. The fraction of sp³-hybridized carbons (Fsp3) is 0.455. The van der Waals surface area contributed by atoms with Gasteiger partial charge in [0, 0.05) is 18.2 Å². The number of rotatable bonds is 4. The summed E-state index contributed by atoms with van der Waals surface area (Å²) < 4.78 is 5.26. The van der Waals surface area contributed by atoms with Crippen molar-refractivity contribution < 1.29 is 4.74 Å². The van der Waals surface area contributed by atoms with Gasteiger partial charge in [-0.2, -0.15) is 0 Å². The average Bonchev–Trinajstić information content (AvgIpc) is 2.99. The lowest BCUT2D eigenvalue weighted by molar-refractivity contribution is 0.407. The minimum atomic E-state index is 0.755. The second kappa shape index (κ2) is 3.79. The Morgan fingerprint density at radius 1 is 1.38 bits per heavy atom. The van der Waals surface area contributed by atoms with E-state index in [9.17, 15) is 0 Å². The van der Waals surface area contributed by atoms with E-state index >= 15 is 0 Å². The van der Waals surface area contributed by atoms with Crippen molar-refractivity contribution in [1.29, 1.82) is 0 Å². The molecule has 70 valence electrons. The number of benzene rings is 1. The first kappa shape index (κ1) is 8.57. The first-order valence-electron chi connectivity index (χ1n) is 4.75. The van der Waals surface area contributed by atoms with Gasteiger partial charge in [-0.15, -0.1) is 0 Å². The first-order chi connectivity index (χ1) is 6.40. The minimum Gasteiger partial charge on any atom is -0.496 e. The summed E-state index contributed by atoms with van der Waals surface area (Å²) in [6, 6.07) is 8.91. The highest BCUT2D eigenvalue weighted by Gasteiger charge is 2.20. The Kier molecular flexibility index (Phi) is 2.50. The molecule has 0 unspecified atom stereocenters. The van der Waals surface area contributed by atoms with Crippen molar-refractivity contribution >= 4 is 0 Å². The molecule has 0 amide bonds. The number of para-hydroxylation sites is 1. The summed E-state index contributed by atoms with van der Waals surface area (Å²) in [5.74, 6) is 0.982. The summed E-state index contributed by atoms with van der Waals surface area (Å²) >= 11 is 0. The molecule has 13 heavy (non-hydrogen) atoms. The highest BCUT2D eigenvalue weighted by atomic mass is 16.5. The average molecular weight is 177 g/mol. The second-order valence-corrected chi connectivity index (χ2v) is 3.47. The Hall–Kier alpha value is -1.02. The van der Waals surface area contributed by atoms with Gasteiger partial charge in [-0.3, -0.25) is 0 Å². The van der Waals surface area contributed by atoms with Crippen LogP contribution in [-0.2, 0) is 6.54 Å². The van der Waals surface area contributed by atoms with Gasteiger partial charge in [0.05, 0.1) is 7.11 Å². The zero-order valence-corrected chi connectivity index (χ0v) is 7.92. The highest BCUT2D eigenvalue weighted by molar-refractivity contribution is 5.33. The maximum atomic E-state index is 5.26. The van der Waals surface area contributed by atoms with Crippen molar-refractivity contribution in [3.63, 3.8) is 0 Å². The monoisotopic (exact) mass is 177 g/mol. The van der Waals surface area contributed by atoms with E-state index < -0.39 is 0 Å². The standard InChI is InChI=1S/C11H15NO/c1-13-11-5-3-2-4-9(11)8-12-10-6-7-10/h2-5,10,12H,6-8H2,1H3. The molecule has 1 aliphatic rings. The van der Waals surface area contributed by atoms with Crippen LogP contribution in [0, 0.1) is 0 Å². The Morgan fingerprint density at radius 2 is 2.15 bits per heavy atom. The van der Waals surface area contributed by atoms with Crippen LogP contribution >= 0.6 is 0 Å². The van der Waals surface area contributed by atoms with Gasteiger partial charge in [-0.1, -0.05) is 18.2 Å². The fourth-order valence-corrected chi connectivity index (χ4v) is 1.39. The van der Waals surface area contributed by atoms with Crippen LogP contribution in [0.15, 0.2) is 24.3 Å². The minimum absolute atomic E-state index is 0.755. The van der Waals surface area contributed by atoms with Crippen LogP contribution < -0.4 is 10.1 Å². The Balaban J connectivity index is 1.99. The number of ether oxygens (including phenoxy) is 1. The van der Waals surface area contributed by atoms with E-state index in [0.29, 0.717) is 0 Å². The van der Waals surface area contributed by atoms with Crippen LogP contribution in [-0.4, -0.2) is 13.2 Å². The van der Waals surface area contributed by atoms with Crippen LogP contribution in [0.3, 0.4) is 0 Å². The number of nitrogens with one attached hydrogen (secondary N) is 1. The lowest BCUT2D eigenvalue weighted by Crippen LogP contribution is -2.15. The molecule has 1 fully saturated rings. The molecule has 0 aromatic heterocycles. The van der Waals surface area contributed by atoms with Gasteiger partial charge in [0.1, 0.15) is 5.75 Å². The molecule has 0 heterocycles. The molecule has 1 saturated carbocycles. The maximum absolute atomic E-state index is 5.26. The molecule has 1 aliphatic carbocycles. The molecular weight excluding hydrogens is 162 g/mol. The zero-order valence-electron chi connectivity index (χ0n) is 7.92. The molecule has 1 aromatic carbocycles. The molecule has 0 saturated heterocycles. The summed E-state index contributed by atoms with van der Waals surface area (Å²) in [4.78, 5) is 0. The van der Waals surface area contributed by atoms with Crippen molar-refractivity contribution in [2.45, 2.75) is 25.4 Å². The van der Waals surface area contributed by atoms with Crippen molar-refractivity contribution in [3.05, 3.63) is 29.8 Å².